The predicted molar refractivity (Wildman–Crippen MR) is 87.8 cm³/mol. The number of rotatable bonds is 2. The van der Waals surface area contributed by atoms with E-state index in [0.717, 1.165) is 0 Å². The zero-order chi connectivity index (χ0) is 17.8. The van der Waals surface area contributed by atoms with E-state index in [1.54, 1.807) is 12.4 Å². The van der Waals surface area contributed by atoms with Crippen molar-refractivity contribution in [2.24, 2.45) is 5.41 Å². The van der Waals surface area contributed by atoms with Crippen LogP contribution in [0.1, 0.15) is 46.4 Å². The third-order valence-electron chi connectivity index (χ3n) is 5.29. The lowest BCUT2D eigenvalue weighted by atomic mass is 9.60. The SMILES string of the molecule is C#CC1(C#N)CC(O)(c2ncc(B3OC(C)(C)C(C)(C)O3)cn2)C1. The molecule has 1 N–H and O–H groups in total. The topological polar surface area (TPSA) is 88.3 Å². The molecular weight excluding hydrogens is 305 g/mol. The third kappa shape index (κ3) is 2.41. The molecule has 6 nitrogen and oxygen atoms in total. The van der Waals surface area contributed by atoms with Crippen LogP contribution < -0.4 is 5.46 Å². The smallest absolute Gasteiger partial charge is 0.399 e. The Kier molecular flexibility index (Phi) is 3.55. The monoisotopic (exact) mass is 325 g/mol. The minimum Gasteiger partial charge on any atom is -0.399 e. The third-order valence-corrected chi connectivity index (χ3v) is 5.29. The lowest BCUT2D eigenvalue weighted by Crippen LogP contribution is -2.49. The fourth-order valence-electron chi connectivity index (χ4n) is 3.00. The van der Waals surface area contributed by atoms with Gasteiger partial charge >= 0.3 is 7.12 Å². The van der Waals surface area contributed by atoms with Crippen molar-refractivity contribution in [2.45, 2.75) is 57.3 Å². The van der Waals surface area contributed by atoms with Crippen LogP contribution in [-0.4, -0.2) is 33.4 Å². The highest BCUT2D eigenvalue weighted by Crippen LogP contribution is 2.52. The summed E-state index contributed by atoms with van der Waals surface area (Å²) in [4.78, 5) is 8.50. The van der Waals surface area contributed by atoms with Gasteiger partial charge in [0.25, 0.3) is 0 Å². The maximum atomic E-state index is 10.6. The van der Waals surface area contributed by atoms with Gasteiger partial charge in [-0.1, -0.05) is 5.92 Å². The molecule has 1 saturated carbocycles. The molecule has 0 bridgehead atoms. The van der Waals surface area contributed by atoms with Gasteiger partial charge in [0.1, 0.15) is 11.0 Å². The molecule has 2 aliphatic rings. The molecule has 2 fully saturated rings. The van der Waals surface area contributed by atoms with E-state index in [4.69, 9.17) is 21.0 Å². The summed E-state index contributed by atoms with van der Waals surface area (Å²) in [5.41, 5.74) is -2.38. The first-order chi connectivity index (χ1) is 11.1. The second kappa shape index (κ2) is 5.03. The van der Waals surface area contributed by atoms with Crippen LogP contribution in [0.5, 0.6) is 0 Å². The van der Waals surface area contributed by atoms with Gasteiger partial charge in [-0.25, -0.2) is 9.97 Å². The largest absolute Gasteiger partial charge is 0.498 e. The molecule has 0 unspecified atom stereocenters. The molecule has 0 atom stereocenters. The van der Waals surface area contributed by atoms with Gasteiger partial charge in [0.15, 0.2) is 5.82 Å². The fraction of sp³-hybridized carbons (Fsp3) is 0.588. The van der Waals surface area contributed by atoms with E-state index in [2.05, 4.69) is 22.0 Å². The Balaban J connectivity index is 1.77. The Morgan fingerprint density at radius 2 is 1.67 bits per heavy atom. The summed E-state index contributed by atoms with van der Waals surface area (Å²) >= 11 is 0. The second-order valence-corrected chi connectivity index (χ2v) is 7.65. The fourth-order valence-corrected chi connectivity index (χ4v) is 3.00. The van der Waals surface area contributed by atoms with Gasteiger partial charge < -0.3 is 14.4 Å². The van der Waals surface area contributed by atoms with Crippen molar-refractivity contribution in [3.63, 3.8) is 0 Å². The molecular formula is C17H20BN3O3. The van der Waals surface area contributed by atoms with Crippen molar-refractivity contribution in [3.8, 4) is 18.4 Å². The number of nitriles is 1. The zero-order valence-electron chi connectivity index (χ0n) is 14.3. The van der Waals surface area contributed by atoms with Crippen molar-refractivity contribution in [2.75, 3.05) is 0 Å². The van der Waals surface area contributed by atoms with E-state index in [1.807, 2.05) is 27.7 Å². The Morgan fingerprint density at radius 1 is 1.17 bits per heavy atom. The molecule has 3 rings (SSSR count). The lowest BCUT2D eigenvalue weighted by Gasteiger charge is -2.44. The Bertz CT molecular complexity index is 708. The molecule has 1 aromatic rings. The van der Waals surface area contributed by atoms with Gasteiger partial charge in [0.05, 0.1) is 17.3 Å². The number of nitrogens with zero attached hydrogens (tertiary/aromatic N) is 3. The molecule has 1 aromatic heterocycles. The van der Waals surface area contributed by atoms with E-state index in [-0.39, 0.29) is 18.7 Å². The first-order valence-electron chi connectivity index (χ1n) is 7.86. The van der Waals surface area contributed by atoms with Crippen molar-refractivity contribution in [1.29, 1.82) is 5.26 Å². The molecule has 0 spiro atoms. The molecule has 0 aromatic carbocycles. The minimum absolute atomic E-state index is 0.142. The maximum absolute atomic E-state index is 10.6. The average molecular weight is 325 g/mol. The van der Waals surface area contributed by atoms with Gasteiger partial charge in [0.2, 0.25) is 0 Å². The summed E-state index contributed by atoms with van der Waals surface area (Å²) in [7, 11) is -0.552. The highest BCUT2D eigenvalue weighted by Gasteiger charge is 2.57. The summed E-state index contributed by atoms with van der Waals surface area (Å²) in [6.45, 7) is 7.89. The number of hydrogen-bond acceptors (Lipinski definition) is 6. The van der Waals surface area contributed by atoms with E-state index in [9.17, 15) is 5.11 Å². The first kappa shape index (κ1) is 16.9. The summed E-state index contributed by atoms with van der Waals surface area (Å²) in [5, 5.41) is 19.7. The normalized spacial score (nSPS) is 33.4. The number of terminal acetylenes is 1. The van der Waals surface area contributed by atoms with Gasteiger partial charge in [-0.2, -0.15) is 5.26 Å². The summed E-state index contributed by atoms with van der Waals surface area (Å²) in [6.07, 6.45) is 8.84. The molecule has 7 heteroatoms. The van der Waals surface area contributed by atoms with Gasteiger partial charge in [-0.05, 0) is 27.7 Å². The molecule has 24 heavy (non-hydrogen) atoms. The van der Waals surface area contributed by atoms with Crippen LogP contribution in [0.4, 0.5) is 0 Å². The van der Waals surface area contributed by atoms with Crippen molar-refractivity contribution in [3.05, 3.63) is 18.2 Å². The predicted octanol–water partition coefficient (Wildman–Crippen LogP) is 0.900. The Morgan fingerprint density at radius 3 is 2.08 bits per heavy atom. The van der Waals surface area contributed by atoms with Crippen LogP contribution in [0.2, 0.25) is 0 Å². The van der Waals surface area contributed by atoms with Crippen LogP contribution in [0.3, 0.4) is 0 Å². The highest BCUT2D eigenvalue weighted by atomic mass is 16.7. The summed E-state index contributed by atoms with van der Waals surface area (Å²) in [5.74, 6) is 2.71. The molecule has 0 amide bonds. The van der Waals surface area contributed by atoms with Crippen LogP contribution >= 0.6 is 0 Å². The number of aromatic nitrogens is 2. The first-order valence-corrected chi connectivity index (χ1v) is 7.86. The number of aliphatic hydroxyl groups is 1. The second-order valence-electron chi connectivity index (χ2n) is 7.65. The quantitative estimate of drug-likeness (QED) is 0.642. The summed E-state index contributed by atoms with van der Waals surface area (Å²) in [6, 6.07) is 2.07. The van der Waals surface area contributed by atoms with Crippen LogP contribution in [0.25, 0.3) is 0 Å². The van der Waals surface area contributed by atoms with Gasteiger partial charge in [-0.3, -0.25) is 0 Å². The van der Waals surface area contributed by atoms with Crippen LogP contribution in [-0.2, 0) is 14.9 Å². The minimum atomic E-state index is -1.25. The molecule has 1 aliphatic carbocycles. The number of hydrogen-bond donors (Lipinski definition) is 1. The van der Waals surface area contributed by atoms with E-state index in [0.29, 0.717) is 5.46 Å². The Labute approximate surface area is 142 Å². The van der Waals surface area contributed by atoms with Crippen LogP contribution in [0, 0.1) is 29.1 Å². The van der Waals surface area contributed by atoms with E-state index < -0.39 is 29.3 Å². The lowest BCUT2D eigenvalue weighted by molar-refractivity contribution is -0.0944. The van der Waals surface area contributed by atoms with E-state index >= 15 is 0 Å². The standard InChI is InChI=1S/C17H20BN3O3/c1-6-16(11-19)9-17(22,10-16)13-20-7-12(8-21-13)18-23-14(2,3)15(4,5)24-18/h1,7-8,22H,9-10H2,2-5H3. The molecule has 124 valence electrons. The van der Waals surface area contributed by atoms with Gasteiger partial charge in [-0.15, -0.1) is 6.42 Å². The maximum Gasteiger partial charge on any atom is 0.498 e. The average Bonchev–Trinajstić information content (AvgIpc) is 2.72. The van der Waals surface area contributed by atoms with Crippen molar-refractivity contribution in [1.82, 2.24) is 9.97 Å². The van der Waals surface area contributed by atoms with Gasteiger partial charge in [0, 0.05) is 30.7 Å². The molecule has 2 heterocycles. The van der Waals surface area contributed by atoms with Crippen molar-refractivity contribution >= 4 is 12.6 Å². The Hall–Kier alpha value is -1.93. The molecule has 1 saturated heterocycles. The van der Waals surface area contributed by atoms with Crippen LogP contribution in [0.15, 0.2) is 12.4 Å². The summed E-state index contributed by atoms with van der Waals surface area (Å²) < 4.78 is 11.9. The van der Waals surface area contributed by atoms with Crippen molar-refractivity contribution < 1.29 is 14.4 Å². The zero-order valence-corrected chi connectivity index (χ0v) is 14.3. The molecule has 0 radical (unpaired) electrons. The van der Waals surface area contributed by atoms with E-state index in [1.165, 1.54) is 0 Å². The molecule has 1 aliphatic heterocycles. The highest BCUT2D eigenvalue weighted by molar-refractivity contribution is 6.61.